The van der Waals surface area contributed by atoms with Crippen molar-refractivity contribution in [3.05, 3.63) is 29.8 Å². The number of aliphatic hydroxyl groups is 1. The van der Waals surface area contributed by atoms with Crippen LogP contribution in [0.1, 0.15) is 25.3 Å². The van der Waals surface area contributed by atoms with Crippen LogP contribution in [-0.4, -0.2) is 22.9 Å². The summed E-state index contributed by atoms with van der Waals surface area (Å²) in [6, 6.07) is 7.30. The van der Waals surface area contributed by atoms with Crippen molar-refractivity contribution >= 4 is 12.4 Å². The van der Waals surface area contributed by atoms with E-state index in [-0.39, 0.29) is 24.0 Å². The third-order valence-corrected chi connectivity index (χ3v) is 3.14. The molecule has 2 atom stereocenters. The summed E-state index contributed by atoms with van der Waals surface area (Å²) in [6.07, 6.45) is 1.14. The number of hydrogen-bond acceptors (Lipinski definition) is 3. The minimum absolute atomic E-state index is 0. The van der Waals surface area contributed by atoms with Crippen molar-refractivity contribution in [1.29, 1.82) is 0 Å². The van der Waals surface area contributed by atoms with E-state index in [4.69, 9.17) is 0 Å². The molecule has 3 nitrogen and oxygen atoms in total. The number of aromatic hydroxyl groups is 1. The van der Waals surface area contributed by atoms with E-state index < -0.39 is 0 Å². The lowest BCUT2D eigenvalue weighted by Crippen LogP contribution is -2.47. The predicted molar refractivity (Wildman–Crippen MR) is 66.0 cm³/mol. The number of piperidine rings is 1. The maximum atomic E-state index is 9.79. The van der Waals surface area contributed by atoms with Gasteiger partial charge in [0.1, 0.15) is 5.75 Å². The molecule has 1 aliphatic rings. The zero-order valence-electron chi connectivity index (χ0n) is 9.31. The standard InChI is InChI=1S/C12H17NO2.ClH/c1-12(8-9(14)6-7-13-12)10-4-2-3-5-11(10)15;/h2-5,9,13-15H,6-8H2,1H3;1H. The fourth-order valence-electron chi connectivity index (χ4n) is 2.31. The minimum atomic E-state index is -0.316. The van der Waals surface area contributed by atoms with E-state index >= 15 is 0 Å². The van der Waals surface area contributed by atoms with Crippen LogP contribution in [0.5, 0.6) is 5.75 Å². The van der Waals surface area contributed by atoms with Gasteiger partial charge in [-0.3, -0.25) is 0 Å². The molecular formula is C12H18ClNO2. The molecule has 1 fully saturated rings. The van der Waals surface area contributed by atoms with Crippen molar-refractivity contribution in [3.63, 3.8) is 0 Å². The summed E-state index contributed by atoms with van der Waals surface area (Å²) < 4.78 is 0. The van der Waals surface area contributed by atoms with Gasteiger partial charge in [0, 0.05) is 11.1 Å². The van der Waals surface area contributed by atoms with Crippen LogP contribution in [-0.2, 0) is 5.54 Å². The van der Waals surface area contributed by atoms with Gasteiger partial charge in [-0.2, -0.15) is 0 Å². The van der Waals surface area contributed by atoms with Gasteiger partial charge in [0.15, 0.2) is 0 Å². The van der Waals surface area contributed by atoms with Crippen molar-refractivity contribution in [3.8, 4) is 5.75 Å². The van der Waals surface area contributed by atoms with Gasteiger partial charge in [-0.15, -0.1) is 12.4 Å². The Hall–Kier alpha value is -0.770. The number of aliphatic hydroxyl groups excluding tert-OH is 1. The number of benzene rings is 1. The molecule has 0 aliphatic carbocycles. The molecule has 0 amide bonds. The highest BCUT2D eigenvalue weighted by Crippen LogP contribution is 2.34. The first-order chi connectivity index (χ1) is 7.12. The fourth-order valence-corrected chi connectivity index (χ4v) is 2.31. The number of nitrogens with one attached hydrogen (secondary N) is 1. The molecule has 1 aromatic carbocycles. The van der Waals surface area contributed by atoms with Crippen LogP contribution < -0.4 is 5.32 Å². The summed E-state index contributed by atoms with van der Waals surface area (Å²) in [5, 5.41) is 22.8. The molecule has 1 aliphatic heterocycles. The molecule has 1 heterocycles. The summed E-state index contributed by atoms with van der Waals surface area (Å²) in [5.41, 5.74) is 0.548. The second-order valence-electron chi connectivity index (χ2n) is 4.42. The van der Waals surface area contributed by atoms with Crippen LogP contribution in [0.3, 0.4) is 0 Å². The Morgan fingerprint density at radius 2 is 2.06 bits per heavy atom. The van der Waals surface area contributed by atoms with Crippen molar-refractivity contribution in [2.24, 2.45) is 0 Å². The van der Waals surface area contributed by atoms with Gasteiger partial charge in [-0.05, 0) is 32.4 Å². The van der Waals surface area contributed by atoms with Gasteiger partial charge in [-0.25, -0.2) is 0 Å². The van der Waals surface area contributed by atoms with Gasteiger partial charge in [0.25, 0.3) is 0 Å². The third-order valence-electron chi connectivity index (χ3n) is 3.14. The Balaban J connectivity index is 0.00000128. The van der Waals surface area contributed by atoms with E-state index in [1.807, 2.05) is 19.1 Å². The molecule has 0 aromatic heterocycles. The van der Waals surface area contributed by atoms with Gasteiger partial charge in [-0.1, -0.05) is 18.2 Å². The first-order valence-corrected chi connectivity index (χ1v) is 5.33. The van der Waals surface area contributed by atoms with Crippen molar-refractivity contribution in [2.75, 3.05) is 6.54 Å². The van der Waals surface area contributed by atoms with Gasteiger partial charge < -0.3 is 15.5 Å². The molecule has 0 spiro atoms. The first-order valence-electron chi connectivity index (χ1n) is 5.33. The third kappa shape index (κ3) is 2.48. The van der Waals surface area contributed by atoms with Crippen LogP contribution in [0.15, 0.2) is 24.3 Å². The summed E-state index contributed by atoms with van der Waals surface area (Å²) in [5.74, 6) is 0.293. The van der Waals surface area contributed by atoms with E-state index in [0.717, 1.165) is 18.5 Å². The molecule has 2 rings (SSSR count). The van der Waals surface area contributed by atoms with Crippen LogP contribution in [0.4, 0.5) is 0 Å². The van der Waals surface area contributed by atoms with Crippen LogP contribution in [0.25, 0.3) is 0 Å². The number of phenolic OH excluding ortho intramolecular Hbond substituents is 1. The maximum absolute atomic E-state index is 9.79. The second-order valence-corrected chi connectivity index (χ2v) is 4.42. The Labute approximate surface area is 102 Å². The van der Waals surface area contributed by atoms with Crippen molar-refractivity contribution < 1.29 is 10.2 Å². The Bertz CT molecular complexity index is 359. The highest BCUT2D eigenvalue weighted by Gasteiger charge is 2.34. The predicted octanol–water partition coefficient (Wildman–Crippen LogP) is 1.77. The van der Waals surface area contributed by atoms with Gasteiger partial charge >= 0.3 is 0 Å². The summed E-state index contributed by atoms with van der Waals surface area (Å²) in [6.45, 7) is 2.80. The zero-order valence-corrected chi connectivity index (χ0v) is 10.1. The molecular weight excluding hydrogens is 226 g/mol. The number of halogens is 1. The quantitative estimate of drug-likeness (QED) is 0.705. The van der Waals surface area contributed by atoms with Crippen molar-refractivity contribution in [1.82, 2.24) is 5.32 Å². The maximum Gasteiger partial charge on any atom is 0.120 e. The second kappa shape index (κ2) is 5.04. The van der Waals surface area contributed by atoms with Crippen LogP contribution in [0, 0.1) is 0 Å². The van der Waals surface area contributed by atoms with Crippen molar-refractivity contribution in [2.45, 2.75) is 31.4 Å². The molecule has 4 heteroatoms. The SMILES string of the molecule is CC1(c2ccccc2O)CC(O)CCN1.Cl. The molecule has 1 saturated heterocycles. The lowest BCUT2D eigenvalue weighted by atomic mass is 9.82. The molecule has 3 N–H and O–H groups in total. The number of para-hydroxylation sites is 1. The topological polar surface area (TPSA) is 52.5 Å². The molecule has 0 bridgehead atoms. The van der Waals surface area contributed by atoms with E-state index in [9.17, 15) is 10.2 Å². The molecule has 16 heavy (non-hydrogen) atoms. The Kier molecular flexibility index (Phi) is 4.19. The van der Waals surface area contributed by atoms with E-state index in [2.05, 4.69) is 5.32 Å². The summed E-state index contributed by atoms with van der Waals surface area (Å²) in [7, 11) is 0. The Morgan fingerprint density at radius 1 is 1.38 bits per heavy atom. The van der Waals surface area contributed by atoms with Crippen LogP contribution >= 0.6 is 12.4 Å². The highest BCUT2D eigenvalue weighted by atomic mass is 35.5. The van der Waals surface area contributed by atoms with Crippen LogP contribution in [0.2, 0.25) is 0 Å². The normalized spacial score (nSPS) is 29.5. The number of rotatable bonds is 1. The van der Waals surface area contributed by atoms with Gasteiger partial charge in [0.05, 0.1) is 6.10 Å². The highest BCUT2D eigenvalue weighted by molar-refractivity contribution is 5.85. The van der Waals surface area contributed by atoms with E-state index in [0.29, 0.717) is 12.2 Å². The lowest BCUT2D eigenvalue weighted by Gasteiger charge is -2.38. The largest absolute Gasteiger partial charge is 0.508 e. The summed E-state index contributed by atoms with van der Waals surface area (Å²) >= 11 is 0. The van der Waals surface area contributed by atoms with E-state index in [1.54, 1.807) is 12.1 Å². The number of hydrogen-bond donors (Lipinski definition) is 3. The average Bonchev–Trinajstić information content (AvgIpc) is 2.17. The number of phenols is 1. The zero-order chi connectivity index (χ0) is 10.9. The fraction of sp³-hybridized carbons (Fsp3) is 0.500. The minimum Gasteiger partial charge on any atom is -0.508 e. The molecule has 0 radical (unpaired) electrons. The average molecular weight is 244 g/mol. The summed E-state index contributed by atoms with van der Waals surface area (Å²) in [4.78, 5) is 0. The first kappa shape index (κ1) is 13.3. The lowest BCUT2D eigenvalue weighted by molar-refractivity contribution is 0.0825. The van der Waals surface area contributed by atoms with Gasteiger partial charge in [0.2, 0.25) is 0 Å². The molecule has 2 unspecified atom stereocenters. The monoisotopic (exact) mass is 243 g/mol. The molecule has 1 aromatic rings. The molecule has 90 valence electrons. The molecule has 0 saturated carbocycles. The smallest absolute Gasteiger partial charge is 0.120 e. The van der Waals surface area contributed by atoms with E-state index in [1.165, 1.54) is 0 Å². The Morgan fingerprint density at radius 3 is 2.69 bits per heavy atom.